The van der Waals surface area contributed by atoms with Gasteiger partial charge in [0.25, 0.3) is 0 Å². The van der Waals surface area contributed by atoms with Crippen LogP contribution in [0.4, 0.5) is 0 Å². The van der Waals surface area contributed by atoms with Crippen LogP contribution in [0.5, 0.6) is 5.75 Å². The van der Waals surface area contributed by atoms with Gasteiger partial charge < -0.3 is 9.84 Å². The predicted octanol–water partition coefficient (Wildman–Crippen LogP) is 3.47. The Bertz CT molecular complexity index is 337. The maximum absolute atomic E-state index is 9.06. The van der Waals surface area contributed by atoms with Gasteiger partial charge >= 0.3 is 0 Å². The van der Waals surface area contributed by atoms with Crippen LogP contribution >= 0.6 is 11.6 Å². The van der Waals surface area contributed by atoms with E-state index in [9.17, 15) is 0 Å². The average molecular weight is 243 g/mol. The molecule has 0 bridgehead atoms. The molecule has 3 heteroatoms. The molecule has 1 rings (SSSR count). The van der Waals surface area contributed by atoms with Crippen LogP contribution in [0.2, 0.25) is 5.02 Å². The molecule has 1 aromatic carbocycles. The third-order valence-corrected chi connectivity index (χ3v) is 3.14. The first kappa shape index (κ1) is 13.3. The minimum Gasteiger partial charge on any atom is -0.495 e. The number of rotatable bonds is 5. The third kappa shape index (κ3) is 3.13. The molecule has 0 aliphatic rings. The van der Waals surface area contributed by atoms with Crippen molar-refractivity contribution in [2.45, 2.75) is 26.2 Å². The first-order chi connectivity index (χ1) is 7.60. The second kappa shape index (κ2) is 6.12. The van der Waals surface area contributed by atoms with Crippen molar-refractivity contribution in [1.29, 1.82) is 0 Å². The molecule has 0 saturated carbocycles. The highest BCUT2D eigenvalue weighted by Gasteiger charge is 2.16. The van der Waals surface area contributed by atoms with Crippen LogP contribution in [0.3, 0.4) is 0 Å². The highest BCUT2D eigenvalue weighted by Crippen LogP contribution is 2.33. The Morgan fingerprint density at radius 2 is 2.06 bits per heavy atom. The zero-order chi connectivity index (χ0) is 12.1. The zero-order valence-corrected chi connectivity index (χ0v) is 10.8. The average Bonchev–Trinajstić information content (AvgIpc) is 2.25. The van der Waals surface area contributed by atoms with E-state index in [2.05, 4.69) is 13.8 Å². The SMILES string of the molecule is COc1ccc(C(CCO)C(C)C)cc1Cl. The van der Waals surface area contributed by atoms with Crippen molar-refractivity contribution in [3.8, 4) is 5.75 Å². The molecule has 1 aromatic rings. The van der Waals surface area contributed by atoms with Gasteiger partial charge in [0.05, 0.1) is 12.1 Å². The molecule has 1 unspecified atom stereocenters. The number of benzene rings is 1. The Labute approximate surface area is 102 Å². The Morgan fingerprint density at radius 1 is 1.38 bits per heavy atom. The molecule has 0 radical (unpaired) electrons. The van der Waals surface area contributed by atoms with Gasteiger partial charge in [-0.25, -0.2) is 0 Å². The lowest BCUT2D eigenvalue weighted by atomic mass is 9.86. The summed E-state index contributed by atoms with van der Waals surface area (Å²) in [5, 5.41) is 9.69. The molecule has 0 fully saturated rings. The Balaban J connectivity index is 2.97. The standard InChI is InChI=1S/C13H19ClO2/c1-9(2)11(6-7-15)10-4-5-13(16-3)12(14)8-10/h4-5,8-9,11,15H,6-7H2,1-3H3. The lowest BCUT2D eigenvalue weighted by Gasteiger charge is -2.21. The van der Waals surface area contributed by atoms with Crippen molar-refractivity contribution in [3.63, 3.8) is 0 Å². The van der Waals surface area contributed by atoms with E-state index < -0.39 is 0 Å². The van der Waals surface area contributed by atoms with Gasteiger partial charge in [-0.05, 0) is 36.0 Å². The van der Waals surface area contributed by atoms with E-state index in [0.29, 0.717) is 22.6 Å². The molecule has 0 aromatic heterocycles. The van der Waals surface area contributed by atoms with Crippen LogP contribution in [0, 0.1) is 5.92 Å². The van der Waals surface area contributed by atoms with Gasteiger partial charge in [-0.1, -0.05) is 31.5 Å². The number of hydrogen-bond acceptors (Lipinski definition) is 2. The summed E-state index contributed by atoms with van der Waals surface area (Å²) >= 11 is 6.09. The van der Waals surface area contributed by atoms with Crippen molar-refractivity contribution in [2.24, 2.45) is 5.92 Å². The molecule has 90 valence electrons. The predicted molar refractivity (Wildman–Crippen MR) is 67.3 cm³/mol. The van der Waals surface area contributed by atoms with Crippen molar-refractivity contribution in [2.75, 3.05) is 13.7 Å². The number of aliphatic hydroxyl groups is 1. The van der Waals surface area contributed by atoms with E-state index in [1.54, 1.807) is 7.11 Å². The summed E-state index contributed by atoms with van der Waals surface area (Å²) in [6, 6.07) is 5.83. The third-order valence-electron chi connectivity index (χ3n) is 2.85. The van der Waals surface area contributed by atoms with Gasteiger partial charge in [0.2, 0.25) is 0 Å². The van der Waals surface area contributed by atoms with Crippen LogP contribution in [0.25, 0.3) is 0 Å². The van der Waals surface area contributed by atoms with E-state index in [-0.39, 0.29) is 6.61 Å². The Kier molecular flexibility index (Phi) is 5.10. The lowest BCUT2D eigenvalue weighted by Crippen LogP contribution is -2.08. The summed E-state index contributed by atoms with van der Waals surface area (Å²) in [7, 11) is 1.61. The molecule has 1 atom stereocenters. The maximum Gasteiger partial charge on any atom is 0.137 e. The van der Waals surface area contributed by atoms with Crippen LogP contribution < -0.4 is 4.74 Å². The van der Waals surface area contributed by atoms with Crippen LogP contribution in [-0.2, 0) is 0 Å². The van der Waals surface area contributed by atoms with Gasteiger partial charge in [-0.3, -0.25) is 0 Å². The molecule has 2 nitrogen and oxygen atoms in total. The molecule has 16 heavy (non-hydrogen) atoms. The smallest absolute Gasteiger partial charge is 0.137 e. The number of methoxy groups -OCH3 is 1. The molecule has 0 heterocycles. The molecular formula is C13H19ClO2. The summed E-state index contributed by atoms with van der Waals surface area (Å²) in [5.74, 6) is 1.52. The van der Waals surface area contributed by atoms with Gasteiger partial charge in [0.1, 0.15) is 5.75 Å². The topological polar surface area (TPSA) is 29.5 Å². The van der Waals surface area contributed by atoms with Gasteiger partial charge in [0.15, 0.2) is 0 Å². The number of aliphatic hydroxyl groups excluding tert-OH is 1. The molecule has 0 amide bonds. The number of halogens is 1. The summed E-state index contributed by atoms with van der Waals surface area (Å²) in [6.45, 7) is 4.50. The number of hydrogen-bond donors (Lipinski definition) is 1. The zero-order valence-electron chi connectivity index (χ0n) is 10.0. The highest BCUT2D eigenvalue weighted by atomic mass is 35.5. The minimum atomic E-state index is 0.201. The summed E-state index contributed by atoms with van der Waals surface area (Å²) < 4.78 is 5.12. The van der Waals surface area contributed by atoms with Crippen LogP contribution in [0.1, 0.15) is 31.7 Å². The monoisotopic (exact) mass is 242 g/mol. The maximum atomic E-state index is 9.06. The van der Waals surface area contributed by atoms with E-state index in [0.717, 1.165) is 12.0 Å². The molecule has 0 aliphatic heterocycles. The van der Waals surface area contributed by atoms with Gasteiger partial charge in [-0.15, -0.1) is 0 Å². The molecule has 1 N–H and O–H groups in total. The summed E-state index contributed by atoms with van der Waals surface area (Å²) in [4.78, 5) is 0. The van der Waals surface area contributed by atoms with Gasteiger partial charge in [-0.2, -0.15) is 0 Å². The van der Waals surface area contributed by atoms with E-state index in [1.807, 2.05) is 18.2 Å². The van der Waals surface area contributed by atoms with Crippen LogP contribution in [-0.4, -0.2) is 18.8 Å². The minimum absolute atomic E-state index is 0.201. The fraction of sp³-hybridized carbons (Fsp3) is 0.538. The first-order valence-corrected chi connectivity index (χ1v) is 5.92. The van der Waals surface area contributed by atoms with Crippen molar-refractivity contribution in [1.82, 2.24) is 0 Å². The Hall–Kier alpha value is -0.730. The van der Waals surface area contributed by atoms with E-state index >= 15 is 0 Å². The normalized spacial score (nSPS) is 12.9. The van der Waals surface area contributed by atoms with Gasteiger partial charge in [0, 0.05) is 6.61 Å². The summed E-state index contributed by atoms with van der Waals surface area (Å²) in [6.07, 6.45) is 0.764. The second-order valence-electron chi connectivity index (χ2n) is 4.26. The number of ether oxygens (including phenoxy) is 1. The van der Waals surface area contributed by atoms with Crippen molar-refractivity contribution in [3.05, 3.63) is 28.8 Å². The summed E-state index contributed by atoms with van der Waals surface area (Å²) in [5.41, 5.74) is 1.16. The van der Waals surface area contributed by atoms with E-state index in [1.165, 1.54) is 0 Å². The van der Waals surface area contributed by atoms with Crippen molar-refractivity contribution < 1.29 is 9.84 Å². The van der Waals surface area contributed by atoms with E-state index in [4.69, 9.17) is 21.4 Å². The lowest BCUT2D eigenvalue weighted by molar-refractivity contribution is 0.261. The molecule has 0 saturated heterocycles. The molecule has 0 aliphatic carbocycles. The fourth-order valence-electron chi connectivity index (χ4n) is 1.94. The van der Waals surface area contributed by atoms with Crippen LogP contribution in [0.15, 0.2) is 18.2 Å². The fourth-order valence-corrected chi connectivity index (χ4v) is 2.20. The largest absolute Gasteiger partial charge is 0.495 e. The molecular weight excluding hydrogens is 224 g/mol. The quantitative estimate of drug-likeness (QED) is 0.857. The second-order valence-corrected chi connectivity index (χ2v) is 4.66. The van der Waals surface area contributed by atoms with Crippen molar-refractivity contribution >= 4 is 11.6 Å². The Morgan fingerprint density at radius 3 is 2.50 bits per heavy atom. The first-order valence-electron chi connectivity index (χ1n) is 5.54. The molecule has 0 spiro atoms. The highest BCUT2D eigenvalue weighted by molar-refractivity contribution is 6.32.